The molecule has 0 aromatic heterocycles. The molecule has 1 amide bonds. The zero-order valence-corrected chi connectivity index (χ0v) is 15.4. The minimum absolute atomic E-state index is 0.0270. The molecule has 27 heavy (non-hydrogen) atoms. The van der Waals surface area contributed by atoms with E-state index in [4.69, 9.17) is 9.47 Å². The number of Topliss-reactive ketones (excluding diaryl/α,β-unsaturated/α-hetero) is 1. The summed E-state index contributed by atoms with van der Waals surface area (Å²) in [5.74, 6) is 0.577. The zero-order chi connectivity index (χ0) is 19.4. The third-order valence-corrected chi connectivity index (χ3v) is 4.32. The van der Waals surface area contributed by atoms with Crippen LogP contribution in [0.4, 0.5) is 0 Å². The van der Waals surface area contributed by atoms with Crippen molar-refractivity contribution in [2.24, 2.45) is 0 Å². The molecule has 2 aromatic rings. The summed E-state index contributed by atoms with van der Waals surface area (Å²) in [6, 6.07) is 13.7. The van der Waals surface area contributed by atoms with Crippen LogP contribution in [0.2, 0.25) is 0 Å². The maximum absolute atomic E-state index is 12.2. The standard InChI is InChI=1S/C21H23NO5/c1-21(2)11-18(24)16-9-8-15(10-19(16)27-21)26-13-20(25)22-17(12-23)14-6-4-3-5-7-14/h3-10,17,23H,11-13H2,1-2H3,(H,22,25). The van der Waals surface area contributed by atoms with Gasteiger partial charge in [0.15, 0.2) is 12.4 Å². The number of aliphatic hydroxyl groups excluding tert-OH is 1. The number of amides is 1. The predicted molar refractivity (Wildman–Crippen MR) is 100 cm³/mol. The van der Waals surface area contributed by atoms with Crippen LogP contribution < -0.4 is 14.8 Å². The first kappa shape index (κ1) is 18.9. The van der Waals surface area contributed by atoms with E-state index in [2.05, 4.69) is 5.32 Å². The monoisotopic (exact) mass is 369 g/mol. The van der Waals surface area contributed by atoms with Crippen molar-refractivity contribution in [1.82, 2.24) is 5.32 Å². The van der Waals surface area contributed by atoms with Gasteiger partial charge in [0.1, 0.15) is 17.1 Å². The number of carbonyl (C=O) groups excluding carboxylic acids is 2. The highest BCUT2D eigenvalue weighted by molar-refractivity contribution is 6.00. The second-order valence-electron chi connectivity index (χ2n) is 7.12. The SMILES string of the molecule is CC1(C)CC(=O)c2ccc(OCC(=O)NC(CO)c3ccccc3)cc2O1. The summed E-state index contributed by atoms with van der Waals surface area (Å²) in [6.07, 6.45) is 0.324. The number of benzene rings is 2. The summed E-state index contributed by atoms with van der Waals surface area (Å²) in [6.45, 7) is 3.29. The molecular weight excluding hydrogens is 346 g/mol. The molecule has 0 spiro atoms. The predicted octanol–water partition coefficient (Wildman–Crippen LogP) is 2.66. The van der Waals surface area contributed by atoms with E-state index in [0.29, 0.717) is 23.5 Å². The lowest BCUT2D eigenvalue weighted by molar-refractivity contribution is -0.124. The van der Waals surface area contributed by atoms with Gasteiger partial charge >= 0.3 is 0 Å². The Morgan fingerprint density at radius 2 is 2.00 bits per heavy atom. The van der Waals surface area contributed by atoms with Crippen molar-refractivity contribution in [2.45, 2.75) is 31.9 Å². The van der Waals surface area contributed by atoms with Crippen molar-refractivity contribution in [1.29, 1.82) is 0 Å². The van der Waals surface area contributed by atoms with Gasteiger partial charge in [-0.05, 0) is 31.5 Å². The molecule has 0 aliphatic carbocycles. The second-order valence-corrected chi connectivity index (χ2v) is 7.12. The summed E-state index contributed by atoms with van der Waals surface area (Å²) < 4.78 is 11.4. The highest BCUT2D eigenvalue weighted by atomic mass is 16.5. The van der Waals surface area contributed by atoms with Gasteiger partial charge in [0.25, 0.3) is 5.91 Å². The van der Waals surface area contributed by atoms with Crippen LogP contribution in [0.3, 0.4) is 0 Å². The van der Waals surface area contributed by atoms with Crippen molar-refractivity contribution in [2.75, 3.05) is 13.2 Å². The van der Waals surface area contributed by atoms with Crippen molar-refractivity contribution in [3.05, 3.63) is 59.7 Å². The van der Waals surface area contributed by atoms with Crippen molar-refractivity contribution in [3.8, 4) is 11.5 Å². The number of ether oxygens (including phenoxy) is 2. The fourth-order valence-electron chi connectivity index (χ4n) is 3.03. The Morgan fingerprint density at radius 3 is 2.70 bits per heavy atom. The van der Waals surface area contributed by atoms with Crippen LogP contribution in [0.25, 0.3) is 0 Å². The molecule has 6 nitrogen and oxygen atoms in total. The Kier molecular flexibility index (Phi) is 5.46. The number of aliphatic hydroxyl groups is 1. The van der Waals surface area contributed by atoms with E-state index in [1.807, 2.05) is 44.2 Å². The summed E-state index contributed by atoms with van der Waals surface area (Å²) in [4.78, 5) is 24.3. The van der Waals surface area contributed by atoms with Crippen molar-refractivity contribution in [3.63, 3.8) is 0 Å². The van der Waals surface area contributed by atoms with E-state index in [-0.39, 0.29) is 24.9 Å². The molecule has 0 fully saturated rings. The number of rotatable bonds is 6. The fraction of sp³-hybridized carbons (Fsp3) is 0.333. The molecular formula is C21H23NO5. The lowest BCUT2D eigenvalue weighted by Crippen LogP contribution is -2.36. The Hall–Kier alpha value is -2.86. The molecule has 1 aliphatic heterocycles. The average Bonchev–Trinajstić information content (AvgIpc) is 2.64. The first-order valence-electron chi connectivity index (χ1n) is 8.82. The van der Waals surface area contributed by atoms with E-state index >= 15 is 0 Å². The summed E-state index contributed by atoms with van der Waals surface area (Å²) in [5.41, 5.74) is 0.774. The molecule has 1 aliphatic rings. The average molecular weight is 369 g/mol. The molecule has 0 bridgehead atoms. The zero-order valence-electron chi connectivity index (χ0n) is 15.4. The van der Waals surface area contributed by atoms with Crippen LogP contribution in [0, 0.1) is 0 Å². The summed E-state index contributed by atoms with van der Waals surface area (Å²) in [5, 5.41) is 12.3. The van der Waals surface area contributed by atoms with Crippen molar-refractivity contribution < 1.29 is 24.2 Å². The summed E-state index contributed by atoms with van der Waals surface area (Å²) in [7, 11) is 0. The third-order valence-electron chi connectivity index (χ3n) is 4.32. The molecule has 0 saturated heterocycles. The first-order chi connectivity index (χ1) is 12.9. The first-order valence-corrected chi connectivity index (χ1v) is 8.82. The lowest BCUT2D eigenvalue weighted by atomic mass is 9.93. The van der Waals surface area contributed by atoms with Crippen LogP contribution in [-0.2, 0) is 4.79 Å². The van der Waals surface area contributed by atoms with Crippen LogP contribution in [0.15, 0.2) is 48.5 Å². The van der Waals surface area contributed by atoms with E-state index in [1.165, 1.54) is 0 Å². The Morgan fingerprint density at radius 1 is 1.26 bits per heavy atom. The van der Waals surface area contributed by atoms with E-state index < -0.39 is 11.6 Å². The highest BCUT2D eigenvalue weighted by Crippen LogP contribution is 2.35. The van der Waals surface area contributed by atoms with Gasteiger partial charge in [0.2, 0.25) is 0 Å². The van der Waals surface area contributed by atoms with Crippen LogP contribution in [0.5, 0.6) is 11.5 Å². The molecule has 2 aromatic carbocycles. The largest absolute Gasteiger partial charge is 0.486 e. The maximum Gasteiger partial charge on any atom is 0.258 e. The number of hydrogen-bond acceptors (Lipinski definition) is 5. The molecule has 3 rings (SSSR count). The second kappa shape index (κ2) is 7.80. The normalized spacial score (nSPS) is 16.0. The number of hydrogen-bond donors (Lipinski definition) is 2. The molecule has 1 heterocycles. The van der Waals surface area contributed by atoms with Crippen LogP contribution >= 0.6 is 0 Å². The molecule has 0 radical (unpaired) electrons. The maximum atomic E-state index is 12.2. The smallest absolute Gasteiger partial charge is 0.258 e. The van der Waals surface area contributed by atoms with Gasteiger partial charge in [0.05, 0.1) is 24.6 Å². The molecule has 2 N–H and O–H groups in total. The Bertz CT molecular complexity index is 832. The quantitative estimate of drug-likeness (QED) is 0.818. The number of nitrogens with one attached hydrogen (secondary N) is 1. The van der Waals surface area contributed by atoms with Gasteiger partial charge in [0, 0.05) is 6.07 Å². The number of ketones is 1. The number of fused-ring (bicyclic) bond motifs is 1. The van der Waals surface area contributed by atoms with Gasteiger partial charge in [-0.25, -0.2) is 0 Å². The highest BCUT2D eigenvalue weighted by Gasteiger charge is 2.32. The molecule has 0 saturated carbocycles. The van der Waals surface area contributed by atoms with Gasteiger partial charge in [-0.1, -0.05) is 30.3 Å². The fourth-order valence-corrected chi connectivity index (χ4v) is 3.03. The van der Waals surface area contributed by atoms with Crippen LogP contribution in [0.1, 0.15) is 42.2 Å². The lowest BCUT2D eigenvalue weighted by Gasteiger charge is -2.31. The minimum Gasteiger partial charge on any atom is -0.486 e. The third kappa shape index (κ3) is 4.65. The minimum atomic E-state index is -0.565. The van der Waals surface area contributed by atoms with Gasteiger partial charge < -0.3 is 19.9 Å². The van der Waals surface area contributed by atoms with Crippen molar-refractivity contribution >= 4 is 11.7 Å². The molecule has 142 valence electrons. The molecule has 1 unspecified atom stereocenters. The van der Waals surface area contributed by atoms with E-state index in [9.17, 15) is 14.7 Å². The van der Waals surface area contributed by atoms with Gasteiger partial charge in [-0.2, -0.15) is 0 Å². The topological polar surface area (TPSA) is 84.9 Å². The van der Waals surface area contributed by atoms with Crippen LogP contribution in [-0.4, -0.2) is 35.6 Å². The Labute approximate surface area is 158 Å². The molecule has 6 heteroatoms. The van der Waals surface area contributed by atoms with E-state index in [1.54, 1.807) is 18.2 Å². The molecule has 1 atom stereocenters. The van der Waals surface area contributed by atoms with Gasteiger partial charge in [-0.3, -0.25) is 9.59 Å². The van der Waals surface area contributed by atoms with Gasteiger partial charge in [-0.15, -0.1) is 0 Å². The van der Waals surface area contributed by atoms with E-state index in [0.717, 1.165) is 5.56 Å². The number of carbonyl (C=O) groups is 2. The Balaban J connectivity index is 1.62. The summed E-state index contributed by atoms with van der Waals surface area (Å²) >= 11 is 0.